The quantitative estimate of drug-likeness (QED) is 0.733. The maximum atomic E-state index is 11.5. The van der Waals surface area contributed by atoms with Gasteiger partial charge in [-0.15, -0.1) is 0 Å². The molecule has 104 valence electrons. The topological polar surface area (TPSA) is 70.2 Å². The third-order valence-corrected chi connectivity index (χ3v) is 2.34. The van der Waals surface area contributed by atoms with Crippen LogP contribution in [0, 0.1) is 5.92 Å². The minimum absolute atomic E-state index is 0.0429. The van der Waals surface area contributed by atoms with Crippen LogP contribution in [0.1, 0.15) is 20.8 Å². The minimum atomic E-state index is -0.119. The van der Waals surface area contributed by atoms with Crippen LogP contribution in [0.25, 0.3) is 0 Å². The van der Waals surface area contributed by atoms with Gasteiger partial charge in [-0.1, -0.05) is 19.9 Å². The van der Waals surface area contributed by atoms with E-state index in [4.69, 9.17) is 0 Å². The van der Waals surface area contributed by atoms with E-state index in [0.717, 1.165) is 5.69 Å². The number of anilines is 2. The zero-order chi connectivity index (χ0) is 14.3. The van der Waals surface area contributed by atoms with Gasteiger partial charge in [0.25, 0.3) is 0 Å². The van der Waals surface area contributed by atoms with Crippen molar-refractivity contribution in [2.24, 2.45) is 5.92 Å². The highest BCUT2D eigenvalue weighted by Crippen LogP contribution is 2.14. The maximum Gasteiger partial charge on any atom is 0.239 e. The lowest BCUT2D eigenvalue weighted by Gasteiger charge is -2.10. The molecule has 3 N–H and O–H groups in total. The van der Waals surface area contributed by atoms with E-state index >= 15 is 0 Å². The molecule has 1 aromatic carbocycles. The number of hydrogen-bond donors (Lipinski definition) is 3. The van der Waals surface area contributed by atoms with Crippen molar-refractivity contribution in [2.75, 3.05) is 23.7 Å². The van der Waals surface area contributed by atoms with Gasteiger partial charge in [0.2, 0.25) is 11.8 Å². The highest BCUT2D eigenvalue weighted by atomic mass is 16.2. The first kappa shape index (κ1) is 15.0. The summed E-state index contributed by atoms with van der Waals surface area (Å²) in [4.78, 5) is 22.5. The van der Waals surface area contributed by atoms with Crippen molar-refractivity contribution in [3.8, 4) is 0 Å². The molecule has 5 nitrogen and oxygen atoms in total. The van der Waals surface area contributed by atoms with Crippen molar-refractivity contribution in [3.63, 3.8) is 0 Å². The average Bonchev–Trinajstić information content (AvgIpc) is 2.33. The van der Waals surface area contributed by atoms with Crippen molar-refractivity contribution < 1.29 is 9.59 Å². The number of amides is 2. The third kappa shape index (κ3) is 6.45. The van der Waals surface area contributed by atoms with Gasteiger partial charge in [0.1, 0.15) is 0 Å². The molecular weight excluding hydrogens is 242 g/mol. The van der Waals surface area contributed by atoms with Gasteiger partial charge in [0, 0.05) is 24.8 Å². The molecule has 0 atom stereocenters. The molecule has 0 spiro atoms. The molecule has 1 aromatic rings. The highest BCUT2D eigenvalue weighted by Gasteiger charge is 2.03. The first-order chi connectivity index (χ1) is 8.97. The summed E-state index contributed by atoms with van der Waals surface area (Å²) < 4.78 is 0. The fourth-order valence-electron chi connectivity index (χ4n) is 1.47. The van der Waals surface area contributed by atoms with Crippen molar-refractivity contribution in [1.82, 2.24) is 5.32 Å². The van der Waals surface area contributed by atoms with Gasteiger partial charge in [0.15, 0.2) is 0 Å². The number of carbonyl (C=O) groups is 2. The van der Waals surface area contributed by atoms with Crippen molar-refractivity contribution in [2.45, 2.75) is 20.8 Å². The lowest BCUT2D eigenvalue weighted by Crippen LogP contribution is -2.32. The largest absolute Gasteiger partial charge is 0.376 e. The number of nitrogens with one attached hydrogen (secondary N) is 3. The molecule has 0 aliphatic heterocycles. The first-order valence-corrected chi connectivity index (χ1v) is 6.35. The van der Waals surface area contributed by atoms with Crippen LogP contribution in [0.2, 0.25) is 0 Å². The Labute approximate surface area is 113 Å². The molecule has 0 fully saturated rings. The van der Waals surface area contributed by atoms with E-state index in [9.17, 15) is 9.59 Å². The molecule has 0 unspecified atom stereocenters. The average molecular weight is 263 g/mol. The Bertz CT molecular complexity index is 444. The SMILES string of the molecule is CC(=O)Nc1cccc(NCC(=O)NCC(C)C)c1. The molecule has 0 aliphatic carbocycles. The lowest BCUT2D eigenvalue weighted by molar-refractivity contribution is -0.119. The molecule has 0 radical (unpaired) electrons. The smallest absolute Gasteiger partial charge is 0.239 e. The van der Waals surface area contributed by atoms with E-state index in [1.807, 2.05) is 26.0 Å². The number of hydrogen-bond acceptors (Lipinski definition) is 3. The summed E-state index contributed by atoms with van der Waals surface area (Å²) in [5.74, 6) is 0.275. The molecular formula is C14H21N3O2. The molecule has 0 aromatic heterocycles. The predicted molar refractivity (Wildman–Crippen MR) is 77.1 cm³/mol. The highest BCUT2D eigenvalue weighted by molar-refractivity contribution is 5.89. The van der Waals surface area contributed by atoms with Crippen LogP contribution in [-0.2, 0) is 9.59 Å². The van der Waals surface area contributed by atoms with Crippen molar-refractivity contribution >= 4 is 23.2 Å². The standard InChI is InChI=1S/C14H21N3O2/c1-10(2)8-16-14(19)9-15-12-5-4-6-13(7-12)17-11(3)18/h4-7,10,15H,8-9H2,1-3H3,(H,16,19)(H,17,18). The predicted octanol–water partition coefficient (Wildman–Crippen LogP) is 1.83. The van der Waals surface area contributed by atoms with Crippen molar-refractivity contribution in [3.05, 3.63) is 24.3 Å². The Morgan fingerprint density at radius 1 is 1.21 bits per heavy atom. The van der Waals surface area contributed by atoms with E-state index < -0.39 is 0 Å². The van der Waals surface area contributed by atoms with Crippen LogP contribution in [0.3, 0.4) is 0 Å². The van der Waals surface area contributed by atoms with E-state index in [0.29, 0.717) is 18.2 Å². The van der Waals surface area contributed by atoms with E-state index in [1.165, 1.54) is 6.92 Å². The first-order valence-electron chi connectivity index (χ1n) is 6.35. The second-order valence-corrected chi connectivity index (χ2v) is 4.81. The summed E-state index contributed by atoms with van der Waals surface area (Å²) in [6.45, 7) is 6.44. The molecule has 2 amide bonds. The lowest BCUT2D eigenvalue weighted by atomic mass is 10.2. The van der Waals surface area contributed by atoms with Gasteiger partial charge in [0.05, 0.1) is 6.54 Å². The van der Waals surface area contributed by atoms with E-state index in [-0.39, 0.29) is 18.4 Å². The zero-order valence-corrected chi connectivity index (χ0v) is 11.6. The molecule has 1 rings (SSSR count). The summed E-state index contributed by atoms with van der Waals surface area (Å²) in [6.07, 6.45) is 0. The molecule has 0 saturated carbocycles. The van der Waals surface area contributed by atoms with E-state index in [2.05, 4.69) is 16.0 Å². The monoisotopic (exact) mass is 263 g/mol. The zero-order valence-electron chi connectivity index (χ0n) is 11.6. The normalized spacial score (nSPS) is 10.1. The van der Waals surface area contributed by atoms with Gasteiger partial charge in [-0.3, -0.25) is 9.59 Å². The summed E-state index contributed by atoms with van der Waals surface area (Å²) >= 11 is 0. The summed E-state index contributed by atoms with van der Waals surface area (Å²) in [5.41, 5.74) is 1.51. The summed E-state index contributed by atoms with van der Waals surface area (Å²) in [7, 11) is 0. The molecule has 5 heteroatoms. The Kier molecular flexibility index (Phi) is 5.85. The van der Waals surface area contributed by atoms with Crippen LogP contribution in [0.5, 0.6) is 0 Å². The molecule has 0 saturated heterocycles. The maximum absolute atomic E-state index is 11.5. The molecule has 0 bridgehead atoms. The fourth-order valence-corrected chi connectivity index (χ4v) is 1.47. The molecule has 0 aliphatic rings. The van der Waals surface area contributed by atoms with Crippen LogP contribution >= 0.6 is 0 Å². The molecule has 19 heavy (non-hydrogen) atoms. The Hall–Kier alpha value is -2.04. The fraction of sp³-hybridized carbons (Fsp3) is 0.429. The Morgan fingerprint density at radius 3 is 2.53 bits per heavy atom. The van der Waals surface area contributed by atoms with Gasteiger partial charge < -0.3 is 16.0 Å². The Balaban J connectivity index is 2.44. The van der Waals surface area contributed by atoms with Crippen LogP contribution < -0.4 is 16.0 Å². The third-order valence-electron chi connectivity index (χ3n) is 2.34. The number of carbonyl (C=O) groups excluding carboxylic acids is 2. The van der Waals surface area contributed by atoms with Gasteiger partial charge >= 0.3 is 0 Å². The second-order valence-electron chi connectivity index (χ2n) is 4.81. The van der Waals surface area contributed by atoms with Gasteiger partial charge in [-0.2, -0.15) is 0 Å². The van der Waals surface area contributed by atoms with Crippen LogP contribution in [0.15, 0.2) is 24.3 Å². The van der Waals surface area contributed by atoms with Crippen LogP contribution in [0.4, 0.5) is 11.4 Å². The van der Waals surface area contributed by atoms with E-state index in [1.54, 1.807) is 12.1 Å². The minimum Gasteiger partial charge on any atom is -0.376 e. The Morgan fingerprint density at radius 2 is 1.89 bits per heavy atom. The second kappa shape index (κ2) is 7.41. The number of rotatable bonds is 6. The number of benzene rings is 1. The van der Waals surface area contributed by atoms with Gasteiger partial charge in [-0.05, 0) is 24.1 Å². The van der Waals surface area contributed by atoms with Crippen molar-refractivity contribution in [1.29, 1.82) is 0 Å². The van der Waals surface area contributed by atoms with Crippen LogP contribution in [-0.4, -0.2) is 24.9 Å². The summed E-state index contributed by atoms with van der Waals surface area (Å²) in [5, 5.41) is 8.54. The molecule has 0 heterocycles. The summed E-state index contributed by atoms with van der Waals surface area (Å²) in [6, 6.07) is 7.25. The van der Waals surface area contributed by atoms with Gasteiger partial charge in [-0.25, -0.2) is 0 Å².